The number of nitrogens with zero attached hydrogens (tertiary/aromatic N) is 3. The topological polar surface area (TPSA) is 86.1 Å². The van der Waals surface area contributed by atoms with Gasteiger partial charge in [0.1, 0.15) is 5.56 Å². The van der Waals surface area contributed by atoms with Gasteiger partial charge in [0.2, 0.25) is 5.88 Å². The molecule has 0 saturated heterocycles. The molecule has 1 N–H and O–H groups in total. The molecule has 0 saturated carbocycles. The minimum atomic E-state index is -0.275. The summed E-state index contributed by atoms with van der Waals surface area (Å²) in [6.07, 6.45) is 5.64. The Labute approximate surface area is 146 Å². The van der Waals surface area contributed by atoms with Gasteiger partial charge in [0.05, 0.1) is 18.8 Å². The van der Waals surface area contributed by atoms with Gasteiger partial charge < -0.3 is 10.1 Å². The van der Waals surface area contributed by atoms with Gasteiger partial charge in [0, 0.05) is 18.8 Å². The van der Waals surface area contributed by atoms with Gasteiger partial charge in [0.15, 0.2) is 0 Å². The highest BCUT2D eigenvalue weighted by Crippen LogP contribution is 2.17. The largest absolute Gasteiger partial charge is 0.477 e. The van der Waals surface area contributed by atoms with Crippen molar-refractivity contribution < 1.29 is 9.53 Å². The summed E-state index contributed by atoms with van der Waals surface area (Å²) in [5.41, 5.74) is 2.33. The van der Waals surface area contributed by atoms with Crippen LogP contribution in [0, 0.1) is 0 Å². The highest BCUT2D eigenvalue weighted by molar-refractivity contribution is 5.96. The smallest absolute Gasteiger partial charge is 0.267 e. The zero-order chi connectivity index (χ0) is 17.6. The van der Waals surface area contributed by atoms with Crippen LogP contribution in [0.5, 0.6) is 5.88 Å². The minimum Gasteiger partial charge on any atom is -0.477 e. The van der Waals surface area contributed by atoms with Crippen molar-refractivity contribution in [1.29, 1.82) is 0 Å². The van der Waals surface area contributed by atoms with Crippen LogP contribution in [-0.4, -0.2) is 33.8 Å². The van der Waals surface area contributed by atoms with Crippen LogP contribution in [-0.2, 0) is 19.4 Å². The van der Waals surface area contributed by atoms with Gasteiger partial charge in [-0.25, -0.2) is 9.67 Å². The van der Waals surface area contributed by atoms with Crippen LogP contribution in [0.25, 0.3) is 0 Å². The Hall–Kier alpha value is -2.70. The lowest BCUT2D eigenvalue weighted by Gasteiger charge is -2.16. The zero-order valence-corrected chi connectivity index (χ0v) is 14.3. The van der Waals surface area contributed by atoms with Crippen molar-refractivity contribution in [3.05, 3.63) is 51.6 Å². The standard InChI is InChI=1S/C18H22N4O3/c1-2-25-18-14(7-5-9-20-18)17(24)19-10-11-22-16(23)12-13-6-3-4-8-15(13)21-22/h5,7,9,12H,2-4,6,8,10-11H2,1H3,(H,19,24). The van der Waals surface area contributed by atoms with E-state index < -0.39 is 0 Å². The molecule has 0 bridgehead atoms. The highest BCUT2D eigenvalue weighted by atomic mass is 16.5. The number of pyridine rings is 1. The summed E-state index contributed by atoms with van der Waals surface area (Å²) >= 11 is 0. The fourth-order valence-electron chi connectivity index (χ4n) is 2.95. The first-order valence-electron chi connectivity index (χ1n) is 8.65. The molecule has 0 radical (unpaired) electrons. The third-order valence-corrected chi connectivity index (χ3v) is 4.18. The number of ether oxygens (including phenoxy) is 1. The van der Waals surface area contributed by atoms with Crippen LogP contribution in [0.1, 0.15) is 41.4 Å². The average molecular weight is 342 g/mol. The van der Waals surface area contributed by atoms with E-state index in [9.17, 15) is 9.59 Å². The fraction of sp³-hybridized carbons (Fsp3) is 0.444. The normalized spacial score (nSPS) is 13.2. The van der Waals surface area contributed by atoms with Crippen LogP contribution < -0.4 is 15.6 Å². The van der Waals surface area contributed by atoms with Crippen molar-refractivity contribution in [3.8, 4) is 5.88 Å². The van der Waals surface area contributed by atoms with E-state index in [4.69, 9.17) is 4.74 Å². The number of rotatable bonds is 6. The molecule has 0 atom stereocenters. The maximum Gasteiger partial charge on any atom is 0.267 e. The molecule has 0 fully saturated rings. The van der Waals surface area contributed by atoms with E-state index >= 15 is 0 Å². The molecule has 2 heterocycles. The van der Waals surface area contributed by atoms with Gasteiger partial charge in [-0.05, 0) is 50.3 Å². The Kier molecular flexibility index (Phi) is 5.42. The molecule has 7 nitrogen and oxygen atoms in total. The Morgan fingerprint density at radius 1 is 1.36 bits per heavy atom. The van der Waals surface area contributed by atoms with E-state index in [1.165, 1.54) is 4.68 Å². The zero-order valence-electron chi connectivity index (χ0n) is 14.3. The first kappa shape index (κ1) is 17.1. The average Bonchev–Trinajstić information content (AvgIpc) is 2.63. The van der Waals surface area contributed by atoms with Gasteiger partial charge in [-0.1, -0.05) is 0 Å². The van der Waals surface area contributed by atoms with Gasteiger partial charge in [-0.3, -0.25) is 9.59 Å². The molecule has 25 heavy (non-hydrogen) atoms. The number of carbonyl (C=O) groups is 1. The summed E-state index contributed by atoms with van der Waals surface area (Å²) in [5.74, 6) is 0.0362. The van der Waals surface area contributed by atoms with Crippen LogP contribution in [0.15, 0.2) is 29.2 Å². The van der Waals surface area contributed by atoms with Crippen molar-refractivity contribution >= 4 is 5.91 Å². The maximum absolute atomic E-state index is 12.3. The quantitative estimate of drug-likeness (QED) is 0.856. The molecule has 0 spiro atoms. The van der Waals surface area contributed by atoms with Gasteiger partial charge in [0.25, 0.3) is 11.5 Å². The summed E-state index contributed by atoms with van der Waals surface area (Å²) in [6, 6.07) is 5.03. The van der Waals surface area contributed by atoms with E-state index in [0.29, 0.717) is 31.1 Å². The number of carbonyl (C=O) groups excluding carboxylic acids is 1. The predicted molar refractivity (Wildman–Crippen MR) is 92.9 cm³/mol. The SMILES string of the molecule is CCOc1ncccc1C(=O)NCCn1nc2c(cc1=O)CCCC2. The van der Waals surface area contributed by atoms with Crippen molar-refractivity contribution in [1.82, 2.24) is 20.1 Å². The molecule has 0 aliphatic heterocycles. The fourth-order valence-corrected chi connectivity index (χ4v) is 2.95. The third kappa shape index (κ3) is 4.04. The van der Waals surface area contributed by atoms with E-state index in [0.717, 1.165) is 36.9 Å². The Balaban J connectivity index is 1.63. The summed E-state index contributed by atoms with van der Waals surface area (Å²) in [7, 11) is 0. The molecule has 2 aromatic heterocycles. The maximum atomic E-state index is 12.3. The first-order chi connectivity index (χ1) is 12.2. The highest BCUT2D eigenvalue weighted by Gasteiger charge is 2.15. The monoisotopic (exact) mass is 342 g/mol. The molecule has 7 heteroatoms. The lowest BCUT2D eigenvalue weighted by atomic mass is 9.97. The second-order valence-corrected chi connectivity index (χ2v) is 5.93. The number of fused-ring (bicyclic) bond motifs is 1. The molecule has 0 unspecified atom stereocenters. The van der Waals surface area contributed by atoms with Crippen molar-refractivity contribution in [2.45, 2.75) is 39.2 Å². The van der Waals surface area contributed by atoms with Crippen molar-refractivity contribution in [2.24, 2.45) is 0 Å². The molecule has 3 rings (SSSR count). The van der Waals surface area contributed by atoms with Crippen LogP contribution >= 0.6 is 0 Å². The van der Waals surface area contributed by atoms with Gasteiger partial charge in [-0.2, -0.15) is 5.10 Å². The number of amides is 1. The lowest BCUT2D eigenvalue weighted by Crippen LogP contribution is -2.33. The number of aryl methyl sites for hydroxylation is 2. The Morgan fingerprint density at radius 2 is 2.20 bits per heavy atom. The van der Waals surface area contributed by atoms with E-state index in [2.05, 4.69) is 15.4 Å². The summed E-state index contributed by atoms with van der Waals surface area (Å²) in [4.78, 5) is 28.5. The van der Waals surface area contributed by atoms with E-state index in [-0.39, 0.29) is 11.5 Å². The predicted octanol–water partition coefficient (Wildman–Crippen LogP) is 1.35. The number of hydrogen-bond donors (Lipinski definition) is 1. The third-order valence-electron chi connectivity index (χ3n) is 4.18. The lowest BCUT2D eigenvalue weighted by molar-refractivity contribution is 0.0947. The molecule has 1 aliphatic carbocycles. The Bertz CT molecular complexity index is 816. The number of hydrogen-bond acceptors (Lipinski definition) is 5. The summed E-state index contributed by atoms with van der Waals surface area (Å²) in [6.45, 7) is 2.92. The van der Waals surface area contributed by atoms with Crippen LogP contribution in [0.4, 0.5) is 0 Å². The minimum absolute atomic E-state index is 0.119. The first-order valence-corrected chi connectivity index (χ1v) is 8.65. The second kappa shape index (κ2) is 7.92. The second-order valence-electron chi connectivity index (χ2n) is 5.93. The van der Waals surface area contributed by atoms with Gasteiger partial charge in [-0.15, -0.1) is 0 Å². The molecule has 1 amide bonds. The Morgan fingerprint density at radius 3 is 3.04 bits per heavy atom. The molecule has 0 aromatic carbocycles. The van der Waals surface area contributed by atoms with Crippen LogP contribution in [0.3, 0.4) is 0 Å². The van der Waals surface area contributed by atoms with E-state index in [1.54, 1.807) is 24.4 Å². The van der Waals surface area contributed by atoms with Crippen molar-refractivity contribution in [2.75, 3.05) is 13.2 Å². The molecular formula is C18H22N4O3. The molecule has 2 aromatic rings. The molecule has 1 aliphatic rings. The molecular weight excluding hydrogens is 320 g/mol. The van der Waals surface area contributed by atoms with Gasteiger partial charge >= 0.3 is 0 Å². The van der Waals surface area contributed by atoms with Crippen molar-refractivity contribution in [3.63, 3.8) is 0 Å². The summed E-state index contributed by atoms with van der Waals surface area (Å²) < 4.78 is 6.79. The summed E-state index contributed by atoms with van der Waals surface area (Å²) in [5, 5.41) is 7.24. The van der Waals surface area contributed by atoms with Crippen LogP contribution in [0.2, 0.25) is 0 Å². The molecule has 132 valence electrons. The van der Waals surface area contributed by atoms with E-state index in [1.807, 2.05) is 6.92 Å². The number of aromatic nitrogens is 3. The number of nitrogens with one attached hydrogen (secondary N) is 1.